The predicted octanol–water partition coefficient (Wildman–Crippen LogP) is 3.39. The Kier molecular flexibility index (Phi) is 4.24. The number of thiophene rings is 1. The minimum Gasteiger partial charge on any atom is -0.469 e. The van der Waals surface area contributed by atoms with Crippen LogP contribution in [0.3, 0.4) is 0 Å². The van der Waals surface area contributed by atoms with Gasteiger partial charge in [0, 0.05) is 4.88 Å². The molecule has 1 N–H and O–H groups in total. The lowest BCUT2D eigenvalue weighted by molar-refractivity contribution is 0.0528. The summed E-state index contributed by atoms with van der Waals surface area (Å²) in [5.41, 5.74) is 0.828. The van der Waals surface area contributed by atoms with Crippen LogP contribution in [-0.4, -0.2) is 18.5 Å². The molecule has 2 aromatic rings. The summed E-state index contributed by atoms with van der Waals surface area (Å²) in [6.07, 6.45) is 1.45. The molecule has 0 saturated heterocycles. The highest BCUT2D eigenvalue weighted by molar-refractivity contribution is 7.16. The fourth-order valence-corrected chi connectivity index (χ4v) is 2.65. The third-order valence-corrected chi connectivity index (χ3v) is 3.65. The van der Waals surface area contributed by atoms with Gasteiger partial charge >= 0.3 is 5.97 Å². The van der Waals surface area contributed by atoms with E-state index in [9.17, 15) is 9.59 Å². The highest BCUT2D eigenvalue weighted by Crippen LogP contribution is 2.29. The molecule has 20 heavy (non-hydrogen) atoms. The molecule has 0 unspecified atom stereocenters. The largest absolute Gasteiger partial charge is 0.469 e. The molecule has 0 radical (unpaired) electrons. The number of nitrogens with one attached hydrogen (secondary N) is 1. The maximum atomic E-state index is 12.1. The molecular weight excluding hydrogens is 278 g/mol. The molecule has 2 rings (SSSR count). The van der Waals surface area contributed by atoms with Gasteiger partial charge in [0.1, 0.15) is 10.8 Å². The first-order chi connectivity index (χ1) is 9.52. The van der Waals surface area contributed by atoms with Crippen LogP contribution in [-0.2, 0) is 4.74 Å². The topological polar surface area (TPSA) is 68.5 Å². The SMILES string of the molecule is CCOC(=O)c1cc(C)sc1NC(=O)c1ccoc1C. The van der Waals surface area contributed by atoms with Gasteiger partial charge in [0.25, 0.3) is 5.91 Å². The van der Waals surface area contributed by atoms with Gasteiger partial charge in [-0.3, -0.25) is 4.79 Å². The summed E-state index contributed by atoms with van der Waals surface area (Å²) >= 11 is 1.34. The Bertz CT molecular complexity index is 641. The number of carbonyl (C=O) groups is 2. The second kappa shape index (κ2) is 5.92. The molecule has 6 heteroatoms. The van der Waals surface area contributed by atoms with Crippen LogP contribution < -0.4 is 5.32 Å². The van der Waals surface area contributed by atoms with E-state index in [1.807, 2.05) is 6.92 Å². The van der Waals surface area contributed by atoms with Crippen LogP contribution in [0.5, 0.6) is 0 Å². The molecule has 2 aromatic heterocycles. The Hall–Kier alpha value is -2.08. The molecule has 0 saturated carbocycles. The second-order valence-electron chi connectivity index (χ2n) is 4.16. The normalized spacial score (nSPS) is 10.3. The van der Waals surface area contributed by atoms with Crippen molar-refractivity contribution in [2.75, 3.05) is 11.9 Å². The first-order valence-electron chi connectivity index (χ1n) is 6.16. The maximum absolute atomic E-state index is 12.1. The number of esters is 1. The Morgan fingerprint density at radius 2 is 2.10 bits per heavy atom. The quantitative estimate of drug-likeness (QED) is 0.877. The zero-order valence-corrected chi connectivity index (χ0v) is 12.3. The van der Waals surface area contributed by atoms with Crippen molar-refractivity contribution in [2.45, 2.75) is 20.8 Å². The minimum atomic E-state index is -0.434. The van der Waals surface area contributed by atoms with Gasteiger partial charge in [-0.15, -0.1) is 11.3 Å². The summed E-state index contributed by atoms with van der Waals surface area (Å²) in [6.45, 7) is 5.61. The summed E-state index contributed by atoms with van der Waals surface area (Å²) in [4.78, 5) is 24.9. The number of hydrogen-bond donors (Lipinski definition) is 1. The Morgan fingerprint density at radius 1 is 1.35 bits per heavy atom. The van der Waals surface area contributed by atoms with Crippen LogP contribution in [0.1, 0.15) is 38.3 Å². The summed E-state index contributed by atoms with van der Waals surface area (Å²) in [6, 6.07) is 3.30. The third kappa shape index (κ3) is 2.91. The van der Waals surface area contributed by atoms with Gasteiger partial charge in [-0.05, 0) is 32.9 Å². The number of hydrogen-bond acceptors (Lipinski definition) is 5. The molecule has 0 aliphatic rings. The van der Waals surface area contributed by atoms with Crippen molar-refractivity contribution < 1.29 is 18.7 Å². The Morgan fingerprint density at radius 3 is 2.70 bits per heavy atom. The molecule has 106 valence electrons. The van der Waals surface area contributed by atoms with Crippen LogP contribution in [0, 0.1) is 13.8 Å². The van der Waals surface area contributed by atoms with E-state index < -0.39 is 5.97 Å². The molecule has 2 heterocycles. The van der Waals surface area contributed by atoms with Gasteiger partial charge < -0.3 is 14.5 Å². The maximum Gasteiger partial charge on any atom is 0.341 e. The lowest BCUT2D eigenvalue weighted by Crippen LogP contribution is -2.14. The van der Waals surface area contributed by atoms with Crippen molar-refractivity contribution in [3.05, 3.63) is 40.2 Å². The van der Waals surface area contributed by atoms with Crippen LogP contribution in [0.2, 0.25) is 0 Å². The van der Waals surface area contributed by atoms with Gasteiger partial charge in [-0.2, -0.15) is 0 Å². The Balaban J connectivity index is 2.23. The van der Waals surface area contributed by atoms with E-state index in [2.05, 4.69) is 5.32 Å². The first kappa shape index (κ1) is 14.3. The number of ether oxygens (including phenoxy) is 1. The lowest BCUT2D eigenvalue weighted by atomic mass is 10.2. The van der Waals surface area contributed by atoms with Gasteiger partial charge in [0.2, 0.25) is 0 Å². The first-order valence-corrected chi connectivity index (χ1v) is 6.97. The number of anilines is 1. The molecular formula is C14H15NO4S. The number of furan rings is 1. The van der Waals surface area contributed by atoms with E-state index in [-0.39, 0.29) is 5.91 Å². The van der Waals surface area contributed by atoms with Crippen molar-refractivity contribution in [1.29, 1.82) is 0 Å². The number of rotatable bonds is 4. The molecule has 0 aliphatic heterocycles. The zero-order chi connectivity index (χ0) is 14.7. The molecule has 0 aromatic carbocycles. The van der Waals surface area contributed by atoms with E-state index in [0.29, 0.717) is 28.5 Å². The highest BCUT2D eigenvalue weighted by atomic mass is 32.1. The molecule has 0 aliphatic carbocycles. The fourth-order valence-electron chi connectivity index (χ4n) is 1.76. The summed E-state index contributed by atoms with van der Waals surface area (Å²) < 4.78 is 10.1. The molecule has 0 bridgehead atoms. The van der Waals surface area contributed by atoms with Crippen LogP contribution in [0.4, 0.5) is 5.00 Å². The van der Waals surface area contributed by atoms with Crippen LogP contribution in [0.25, 0.3) is 0 Å². The summed E-state index contributed by atoms with van der Waals surface area (Å²) in [7, 11) is 0. The molecule has 0 fully saturated rings. The predicted molar refractivity (Wildman–Crippen MR) is 76.4 cm³/mol. The van der Waals surface area contributed by atoms with Crippen molar-refractivity contribution >= 4 is 28.2 Å². The highest BCUT2D eigenvalue weighted by Gasteiger charge is 2.19. The van der Waals surface area contributed by atoms with Crippen molar-refractivity contribution in [2.24, 2.45) is 0 Å². The van der Waals surface area contributed by atoms with Gasteiger partial charge in [0.15, 0.2) is 0 Å². The number of amides is 1. The standard InChI is InChI=1S/C14H15NO4S/c1-4-18-14(17)11-7-8(2)20-13(11)15-12(16)10-5-6-19-9(10)3/h5-7H,4H2,1-3H3,(H,15,16). The van der Waals surface area contributed by atoms with Crippen molar-refractivity contribution in [1.82, 2.24) is 0 Å². The van der Waals surface area contributed by atoms with Crippen molar-refractivity contribution in [3.8, 4) is 0 Å². The molecule has 5 nitrogen and oxygen atoms in total. The average molecular weight is 293 g/mol. The Labute approximate surface area is 120 Å². The van der Waals surface area contributed by atoms with Gasteiger partial charge in [-0.1, -0.05) is 0 Å². The van der Waals surface area contributed by atoms with E-state index in [1.165, 1.54) is 17.6 Å². The second-order valence-corrected chi connectivity index (χ2v) is 5.42. The van der Waals surface area contributed by atoms with Crippen LogP contribution in [0.15, 0.2) is 22.8 Å². The van der Waals surface area contributed by atoms with E-state index in [0.717, 1.165) is 4.88 Å². The average Bonchev–Trinajstić information content (AvgIpc) is 2.96. The van der Waals surface area contributed by atoms with Crippen LogP contribution >= 0.6 is 11.3 Å². The fraction of sp³-hybridized carbons (Fsp3) is 0.286. The molecule has 0 spiro atoms. The van der Waals surface area contributed by atoms with Crippen molar-refractivity contribution in [3.63, 3.8) is 0 Å². The number of carbonyl (C=O) groups excluding carboxylic acids is 2. The summed E-state index contributed by atoms with van der Waals surface area (Å²) in [5.74, 6) is -0.201. The monoisotopic (exact) mass is 293 g/mol. The number of aryl methyl sites for hydroxylation is 2. The van der Waals surface area contributed by atoms with E-state index in [4.69, 9.17) is 9.15 Å². The van der Waals surface area contributed by atoms with Gasteiger partial charge in [0.05, 0.1) is 24.0 Å². The molecule has 0 atom stereocenters. The lowest BCUT2D eigenvalue weighted by Gasteiger charge is -2.05. The minimum absolute atomic E-state index is 0.294. The summed E-state index contributed by atoms with van der Waals surface area (Å²) in [5, 5.41) is 3.22. The molecule has 1 amide bonds. The third-order valence-electron chi connectivity index (χ3n) is 2.68. The zero-order valence-electron chi connectivity index (χ0n) is 11.5. The van der Waals surface area contributed by atoms with Gasteiger partial charge in [-0.25, -0.2) is 4.79 Å². The van der Waals surface area contributed by atoms with E-state index >= 15 is 0 Å². The smallest absolute Gasteiger partial charge is 0.341 e. The van der Waals surface area contributed by atoms with E-state index in [1.54, 1.807) is 26.0 Å².